The summed E-state index contributed by atoms with van der Waals surface area (Å²) >= 11 is 1.82. The van der Waals surface area contributed by atoms with Crippen molar-refractivity contribution in [1.82, 2.24) is 4.98 Å². The van der Waals surface area contributed by atoms with Crippen LogP contribution in [0.2, 0.25) is 0 Å². The highest BCUT2D eigenvalue weighted by atomic mass is 32.1. The molecule has 0 aliphatic rings. The predicted molar refractivity (Wildman–Crippen MR) is 50.0 cm³/mol. The molecule has 0 aliphatic carbocycles. The molecule has 2 heteroatoms. The molecule has 0 bridgehead atoms. The average molecular weight is 169 g/mol. The molecule has 0 spiro atoms. The molecule has 1 nitrogen and oxygen atoms in total. The van der Waals surface area contributed by atoms with E-state index in [0.29, 0.717) is 0 Å². The molecule has 0 radical (unpaired) electrons. The third kappa shape index (κ3) is 3.02. The number of hydrogen-bond donors (Lipinski definition) is 0. The van der Waals surface area contributed by atoms with Crippen LogP contribution >= 0.6 is 11.3 Å². The third-order valence-electron chi connectivity index (χ3n) is 1.64. The van der Waals surface area contributed by atoms with Crippen LogP contribution in [0.25, 0.3) is 0 Å². The van der Waals surface area contributed by atoms with Crippen molar-refractivity contribution in [2.24, 2.45) is 5.92 Å². The van der Waals surface area contributed by atoms with Gasteiger partial charge in [-0.05, 0) is 25.7 Å². The van der Waals surface area contributed by atoms with Gasteiger partial charge < -0.3 is 0 Å². The lowest BCUT2D eigenvalue weighted by Crippen LogP contribution is -1.88. The Labute approximate surface area is 72.5 Å². The Morgan fingerprint density at radius 3 is 2.73 bits per heavy atom. The van der Waals surface area contributed by atoms with E-state index < -0.39 is 0 Å². The fourth-order valence-corrected chi connectivity index (χ4v) is 1.76. The first-order valence-corrected chi connectivity index (χ1v) is 4.91. The third-order valence-corrected chi connectivity index (χ3v) is 2.61. The molecule has 0 saturated heterocycles. The minimum atomic E-state index is 0.803. The van der Waals surface area contributed by atoms with Crippen molar-refractivity contribution in [1.29, 1.82) is 0 Å². The van der Waals surface area contributed by atoms with Crippen LogP contribution in [0.15, 0.2) is 6.20 Å². The summed E-state index contributed by atoms with van der Waals surface area (Å²) < 4.78 is 0. The summed E-state index contributed by atoms with van der Waals surface area (Å²) in [6.07, 6.45) is 4.48. The fourth-order valence-electron chi connectivity index (χ4n) is 0.952. The maximum Gasteiger partial charge on any atom is 0.0896 e. The van der Waals surface area contributed by atoms with Crippen LogP contribution < -0.4 is 0 Å². The molecule has 0 fully saturated rings. The van der Waals surface area contributed by atoms with Crippen LogP contribution in [0.4, 0.5) is 0 Å². The highest BCUT2D eigenvalue weighted by Crippen LogP contribution is 2.15. The van der Waals surface area contributed by atoms with E-state index in [4.69, 9.17) is 0 Å². The summed E-state index contributed by atoms with van der Waals surface area (Å²) in [6.45, 7) is 6.57. The molecular weight excluding hydrogens is 154 g/mol. The smallest absolute Gasteiger partial charge is 0.0896 e. The molecule has 1 heterocycles. The minimum absolute atomic E-state index is 0.803. The topological polar surface area (TPSA) is 12.9 Å². The first kappa shape index (κ1) is 8.72. The van der Waals surface area contributed by atoms with Gasteiger partial charge in [0.25, 0.3) is 0 Å². The van der Waals surface area contributed by atoms with Crippen molar-refractivity contribution < 1.29 is 0 Å². The highest BCUT2D eigenvalue weighted by molar-refractivity contribution is 7.11. The Morgan fingerprint density at radius 1 is 1.55 bits per heavy atom. The molecule has 1 aromatic rings. The largest absolute Gasteiger partial charge is 0.250 e. The number of aryl methyl sites for hydroxylation is 2. The molecule has 0 saturated carbocycles. The standard InChI is InChI=1S/C9H15NS/c1-7(2)4-5-9-6-10-8(3)11-9/h6-7H,4-5H2,1-3H3. The Bertz CT molecular complexity index is 215. The second-order valence-corrected chi connectivity index (χ2v) is 4.60. The molecule has 0 atom stereocenters. The molecule has 1 aromatic heterocycles. The second-order valence-electron chi connectivity index (χ2n) is 3.28. The van der Waals surface area contributed by atoms with Crippen molar-refractivity contribution in [3.05, 3.63) is 16.1 Å². The normalized spacial score (nSPS) is 10.9. The van der Waals surface area contributed by atoms with Crippen LogP contribution in [-0.4, -0.2) is 4.98 Å². The van der Waals surface area contributed by atoms with Gasteiger partial charge in [-0.15, -0.1) is 11.3 Å². The summed E-state index contributed by atoms with van der Waals surface area (Å²) in [7, 11) is 0. The van der Waals surface area contributed by atoms with E-state index in [0.717, 1.165) is 5.92 Å². The van der Waals surface area contributed by atoms with Gasteiger partial charge in [-0.1, -0.05) is 13.8 Å². The Kier molecular flexibility index (Phi) is 3.06. The monoisotopic (exact) mass is 169 g/mol. The Morgan fingerprint density at radius 2 is 2.27 bits per heavy atom. The van der Waals surface area contributed by atoms with E-state index in [1.807, 2.05) is 17.5 Å². The molecule has 1 rings (SSSR count). The van der Waals surface area contributed by atoms with Gasteiger partial charge in [-0.3, -0.25) is 0 Å². The lowest BCUT2D eigenvalue weighted by molar-refractivity contribution is 0.589. The van der Waals surface area contributed by atoms with Gasteiger partial charge in [0.15, 0.2) is 0 Å². The van der Waals surface area contributed by atoms with Crippen LogP contribution in [0.3, 0.4) is 0 Å². The lowest BCUT2D eigenvalue weighted by atomic mass is 10.1. The fraction of sp³-hybridized carbons (Fsp3) is 0.667. The van der Waals surface area contributed by atoms with E-state index in [1.54, 1.807) is 0 Å². The zero-order valence-electron chi connectivity index (χ0n) is 7.42. The van der Waals surface area contributed by atoms with E-state index in [9.17, 15) is 0 Å². The zero-order chi connectivity index (χ0) is 8.27. The Hall–Kier alpha value is -0.370. The molecule has 0 amide bonds. The van der Waals surface area contributed by atoms with Gasteiger partial charge in [-0.2, -0.15) is 0 Å². The molecular formula is C9H15NS. The van der Waals surface area contributed by atoms with Crippen LogP contribution in [0.1, 0.15) is 30.2 Å². The quantitative estimate of drug-likeness (QED) is 0.677. The predicted octanol–water partition coefficient (Wildman–Crippen LogP) is 3.04. The minimum Gasteiger partial charge on any atom is -0.250 e. The maximum absolute atomic E-state index is 4.21. The van der Waals surface area contributed by atoms with Gasteiger partial charge in [0.05, 0.1) is 5.01 Å². The van der Waals surface area contributed by atoms with E-state index in [2.05, 4.69) is 25.8 Å². The van der Waals surface area contributed by atoms with Crippen LogP contribution in [0.5, 0.6) is 0 Å². The SMILES string of the molecule is Cc1ncc(CCC(C)C)s1. The molecule has 0 aliphatic heterocycles. The molecule has 0 aromatic carbocycles. The van der Waals surface area contributed by atoms with Crippen LogP contribution in [-0.2, 0) is 6.42 Å². The summed E-state index contributed by atoms with van der Waals surface area (Å²) in [5.41, 5.74) is 0. The first-order chi connectivity index (χ1) is 5.18. The van der Waals surface area contributed by atoms with Crippen molar-refractivity contribution in [2.75, 3.05) is 0 Å². The van der Waals surface area contributed by atoms with Crippen molar-refractivity contribution >= 4 is 11.3 Å². The number of nitrogens with zero attached hydrogens (tertiary/aromatic N) is 1. The van der Waals surface area contributed by atoms with E-state index >= 15 is 0 Å². The van der Waals surface area contributed by atoms with Crippen molar-refractivity contribution in [3.63, 3.8) is 0 Å². The number of aromatic nitrogens is 1. The van der Waals surface area contributed by atoms with Crippen molar-refractivity contribution in [2.45, 2.75) is 33.6 Å². The van der Waals surface area contributed by atoms with Gasteiger partial charge in [0.2, 0.25) is 0 Å². The highest BCUT2D eigenvalue weighted by Gasteiger charge is 1.99. The molecule has 11 heavy (non-hydrogen) atoms. The van der Waals surface area contributed by atoms with E-state index in [-0.39, 0.29) is 0 Å². The van der Waals surface area contributed by atoms with Crippen molar-refractivity contribution in [3.8, 4) is 0 Å². The summed E-state index contributed by atoms with van der Waals surface area (Å²) in [5, 5.41) is 1.18. The Balaban J connectivity index is 2.39. The molecule has 62 valence electrons. The zero-order valence-corrected chi connectivity index (χ0v) is 8.24. The second kappa shape index (κ2) is 3.86. The molecule has 0 N–H and O–H groups in total. The summed E-state index contributed by atoms with van der Waals surface area (Å²) in [5.74, 6) is 0.803. The maximum atomic E-state index is 4.21. The average Bonchev–Trinajstić information content (AvgIpc) is 2.31. The first-order valence-electron chi connectivity index (χ1n) is 4.10. The van der Waals surface area contributed by atoms with Gasteiger partial charge in [0.1, 0.15) is 0 Å². The molecule has 0 unspecified atom stereocenters. The number of hydrogen-bond acceptors (Lipinski definition) is 2. The van der Waals surface area contributed by atoms with E-state index in [1.165, 1.54) is 22.7 Å². The van der Waals surface area contributed by atoms with Gasteiger partial charge in [0, 0.05) is 11.1 Å². The van der Waals surface area contributed by atoms with Crippen LogP contribution in [0, 0.1) is 12.8 Å². The van der Waals surface area contributed by atoms with Gasteiger partial charge in [-0.25, -0.2) is 4.98 Å². The van der Waals surface area contributed by atoms with Gasteiger partial charge >= 0.3 is 0 Å². The lowest BCUT2D eigenvalue weighted by Gasteiger charge is -2.00. The number of rotatable bonds is 3. The summed E-state index contributed by atoms with van der Waals surface area (Å²) in [6, 6.07) is 0. The summed E-state index contributed by atoms with van der Waals surface area (Å²) in [4.78, 5) is 5.64. The number of thiazole rings is 1.